The lowest BCUT2D eigenvalue weighted by Crippen LogP contribution is -2.13. The standard InChI is InChI=1S/C11H9N3S/c1-2-4-9-8(3-1)7-13-10(14-9)11-12-5-6-15-11/h1-7,10,14H. The van der Waals surface area contributed by atoms with Gasteiger partial charge >= 0.3 is 0 Å². The van der Waals surface area contributed by atoms with Gasteiger partial charge in [-0.1, -0.05) is 18.2 Å². The van der Waals surface area contributed by atoms with Crippen LogP contribution >= 0.6 is 11.3 Å². The highest BCUT2D eigenvalue weighted by atomic mass is 32.1. The molecule has 0 bridgehead atoms. The summed E-state index contributed by atoms with van der Waals surface area (Å²) in [6.07, 6.45) is 3.68. The van der Waals surface area contributed by atoms with Crippen molar-refractivity contribution in [2.45, 2.75) is 6.17 Å². The molecule has 1 aromatic carbocycles. The van der Waals surface area contributed by atoms with Crippen LogP contribution in [0.2, 0.25) is 0 Å². The summed E-state index contributed by atoms with van der Waals surface area (Å²) in [5.41, 5.74) is 2.25. The van der Waals surface area contributed by atoms with E-state index >= 15 is 0 Å². The number of aliphatic imine (C=N–C) groups is 1. The van der Waals surface area contributed by atoms with Crippen LogP contribution in [0, 0.1) is 0 Å². The Morgan fingerprint density at radius 1 is 1.27 bits per heavy atom. The zero-order chi connectivity index (χ0) is 10.1. The van der Waals surface area contributed by atoms with Crippen LogP contribution in [0.5, 0.6) is 0 Å². The van der Waals surface area contributed by atoms with Crippen molar-refractivity contribution < 1.29 is 0 Å². The lowest BCUT2D eigenvalue weighted by Gasteiger charge is -2.19. The molecule has 1 N–H and O–H groups in total. The molecule has 3 rings (SSSR count). The molecular formula is C11H9N3S. The molecule has 0 fully saturated rings. The van der Waals surface area contributed by atoms with E-state index in [9.17, 15) is 0 Å². The highest BCUT2D eigenvalue weighted by Crippen LogP contribution is 2.27. The molecule has 0 amide bonds. The molecule has 1 unspecified atom stereocenters. The number of rotatable bonds is 1. The monoisotopic (exact) mass is 215 g/mol. The number of anilines is 1. The third kappa shape index (κ3) is 1.53. The molecule has 1 atom stereocenters. The average Bonchev–Trinajstić information content (AvgIpc) is 2.82. The molecule has 15 heavy (non-hydrogen) atoms. The molecule has 3 nitrogen and oxygen atoms in total. The molecule has 0 saturated heterocycles. The maximum Gasteiger partial charge on any atom is 0.171 e. The number of hydrogen-bond donors (Lipinski definition) is 1. The summed E-state index contributed by atoms with van der Waals surface area (Å²) in [6.45, 7) is 0. The van der Waals surface area contributed by atoms with Gasteiger partial charge in [0.1, 0.15) is 5.01 Å². The first-order valence-corrected chi connectivity index (χ1v) is 5.59. The van der Waals surface area contributed by atoms with Gasteiger partial charge in [-0.2, -0.15) is 0 Å². The van der Waals surface area contributed by atoms with Gasteiger partial charge in [-0.25, -0.2) is 4.98 Å². The second-order valence-electron chi connectivity index (χ2n) is 3.28. The van der Waals surface area contributed by atoms with Gasteiger partial charge in [-0.05, 0) is 6.07 Å². The molecule has 74 valence electrons. The van der Waals surface area contributed by atoms with Gasteiger partial charge in [0.2, 0.25) is 0 Å². The Bertz CT molecular complexity index is 490. The zero-order valence-corrected chi connectivity index (χ0v) is 8.74. The van der Waals surface area contributed by atoms with E-state index in [4.69, 9.17) is 0 Å². The van der Waals surface area contributed by atoms with Crippen molar-refractivity contribution in [3.63, 3.8) is 0 Å². The van der Waals surface area contributed by atoms with Crippen LogP contribution in [0.15, 0.2) is 40.8 Å². The number of hydrogen-bond acceptors (Lipinski definition) is 4. The van der Waals surface area contributed by atoms with Crippen LogP contribution in [-0.2, 0) is 0 Å². The summed E-state index contributed by atoms with van der Waals surface area (Å²) in [4.78, 5) is 8.68. The second-order valence-corrected chi connectivity index (χ2v) is 4.21. The van der Waals surface area contributed by atoms with E-state index in [2.05, 4.69) is 21.4 Å². The van der Waals surface area contributed by atoms with Crippen LogP contribution in [0.4, 0.5) is 5.69 Å². The Morgan fingerprint density at radius 2 is 2.20 bits per heavy atom. The van der Waals surface area contributed by atoms with Crippen molar-refractivity contribution >= 4 is 23.2 Å². The predicted molar refractivity (Wildman–Crippen MR) is 62.5 cm³/mol. The summed E-state index contributed by atoms with van der Waals surface area (Å²) in [6, 6.07) is 8.13. The van der Waals surface area contributed by atoms with E-state index in [1.54, 1.807) is 17.5 Å². The summed E-state index contributed by atoms with van der Waals surface area (Å²) >= 11 is 1.62. The molecule has 1 aromatic heterocycles. The molecule has 0 aliphatic carbocycles. The van der Waals surface area contributed by atoms with E-state index < -0.39 is 0 Å². The molecule has 0 spiro atoms. The molecule has 1 aliphatic rings. The van der Waals surface area contributed by atoms with Gasteiger partial charge in [-0.3, -0.25) is 4.99 Å². The fourth-order valence-electron chi connectivity index (χ4n) is 1.58. The number of benzene rings is 1. The van der Waals surface area contributed by atoms with Crippen molar-refractivity contribution in [1.82, 2.24) is 4.98 Å². The molecule has 2 aromatic rings. The Kier molecular flexibility index (Phi) is 1.99. The van der Waals surface area contributed by atoms with Gasteiger partial charge in [0.05, 0.1) is 0 Å². The third-order valence-corrected chi connectivity index (χ3v) is 3.13. The minimum absolute atomic E-state index is 0.0279. The summed E-state index contributed by atoms with van der Waals surface area (Å²) in [5, 5.41) is 6.32. The van der Waals surface area contributed by atoms with Crippen LogP contribution in [-0.4, -0.2) is 11.2 Å². The lowest BCUT2D eigenvalue weighted by atomic mass is 10.1. The van der Waals surface area contributed by atoms with Crippen LogP contribution in [0.1, 0.15) is 16.7 Å². The maximum atomic E-state index is 4.43. The first-order chi connectivity index (χ1) is 7.43. The van der Waals surface area contributed by atoms with Crippen molar-refractivity contribution in [1.29, 1.82) is 0 Å². The van der Waals surface area contributed by atoms with Gasteiger partial charge in [0.25, 0.3) is 0 Å². The Balaban J connectivity index is 1.96. The summed E-state index contributed by atoms with van der Waals surface area (Å²) in [5.74, 6) is 0. The number of aromatic nitrogens is 1. The van der Waals surface area contributed by atoms with Crippen LogP contribution in [0.3, 0.4) is 0 Å². The predicted octanol–water partition coefficient (Wildman–Crippen LogP) is 2.69. The molecule has 1 aliphatic heterocycles. The fraction of sp³-hybridized carbons (Fsp3) is 0.0909. The number of nitrogens with one attached hydrogen (secondary N) is 1. The molecule has 0 saturated carbocycles. The minimum atomic E-state index is -0.0279. The third-order valence-electron chi connectivity index (χ3n) is 2.30. The Labute approximate surface area is 91.5 Å². The molecular weight excluding hydrogens is 206 g/mol. The minimum Gasteiger partial charge on any atom is -0.358 e. The zero-order valence-electron chi connectivity index (χ0n) is 7.92. The highest BCUT2D eigenvalue weighted by Gasteiger charge is 2.16. The highest BCUT2D eigenvalue weighted by molar-refractivity contribution is 7.09. The van der Waals surface area contributed by atoms with Gasteiger partial charge in [-0.15, -0.1) is 11.3 Å². The van der Waals surface area contributed by atoms with E-state index in [-0.39, 0.29) is 6.17 Å². The number of fused-ring (bicyclic) bond motifs is 1. The van der Waals surface area contributed by atoms with E-state index in [1.165, 1.54) is 0 Å². The van der Waals surface area contributed by atoms with Crippen LogP contribution < -0.4 is 5.32 Å². The fourth-order valence-corrected chi connectivity index (χ4v) is 2.21. The quantitative estimate of drug-likeness (QED) is 0.794. The average molecular weight is 215 g/mol. The number of nitrogens with zero attached hydrogens (tertiary/aromatic N) is 2. The van der Waals surface area contributed by atoms with Gasteiger partial charge < -0.3 is 5.32 Å². The lowest BCUT2D eigenvalue weighted by molar-refractivity contribution is 0.822. The first-order valence-electron chi connectivity index (χ1n) is 4.71. The smallest absolute Gasteiger partial charge is 0.171 e. The topological polar surface area (TPSA) is 37.3 Å². The van der Waals surface area contributed by atoms with E-state index in [1.807, 2.05) is 29.8 Å². The molecule has 2 heterocycles. The van der Waals surface area contributed by atoms with Crippen LogP contribution in [0.25, 0.3) is 0 Å². The molecule has 4 heteroatoms. The largest absolute Gasteiger partial charge is 0.358 e. The Hall–Kier alpha value is -1.68. The maximum absolute atomic E-state index is 4.43. The SMILES string of the molecule is C1=NC(c2nccs2)Nc2ccccc21. The normalized spacial score (nSPS) is 18.3. The van der Waals surface area contributed by atoms with Crippen molar-refractivity contribution in [2.75, 3.05) is 5.32 Å². The van der Waals surface area contributed by atoms with Gasteiger partial charge in [0.15, 0.2) is 6.17 Å². The van der Waals surface area contributed by atoms with Gasteiger partial charge in [0, 0.05) is 29.0 Å². The second kappa shape index (κ2) is 3.47. The first kappa shape index (κ1) is 8.61. The Morgan fingerprint density at radius 3 is 3.07 bits per heavy atom. The summed E-state index contributed by atoms with van der Waals surface area (Å²) < 4.78 is 0. The number of para-hydroxylation sites is 1. The van der Waals surface area contributed by atoms with E-state index in [0.29, 0.717) is 0 Å². The summed E-state index contributed by atoms with van der Waals surface area (Å²) in [7, 11) is 0. The van der Waals surface area contributed by atoms with E-state index in [0.717, 1.165) is 16.3 Å². The molecule has 0 radical (unpaired) electrons. The van der Waals surface area contributed by atoms with Crippen molar-refractivity contribution in [2.24, 2.45) is 4.99 Å². The van der Waals surface area contributed by atoms with Crippen molar-refractivity contribution in [3.8, 4) is 0 Å². The number of thiazole rings is 1. The van der Waals surface area contributed by atoms with Crippen molar-refractivity contribution in [3.05, 3.63) is 46.4 Å².